The molecule has 0 saturated carbocycles. The third-order valence-corrected chi connectivity index (χ3v) is 9.73. The number of fused-ring (bicyclic) bond motifs is 6. The first-order valence-corrected chi connectivity index (χ1v) is 16.1. The second-order valence-electron chi connectivity index (χ2n) is 12.9. The lowest BCUT2D eigenvalue weighted by molar-refractivity contribution is 0.661. The molecule has 0 atom stereocenters. The van der Waals surface area contributed by atoms with Crippen molar-refractivity contribution in [3.05, 3.63) is 163 Å². The van der Waals surface area contributed by atoms with Crippen LogP contribution >= 0.6 is 0 Å². The molecule has 0 amide bonds. The van der Waals surface area contributed by atoms with Crippen molar-refractivity contribution in [1.82, 2.24) is 15.0 Å². The summed E-state index contributed by atoms with van der Waals surface area (Å²) < 4.78 is 0. The number of hydrogen-bond donors (Lipinski definition) is 0. The Kier molecular flexibility index (Phi) is 6.16. The van der Waals surface area contributed by atoms with Crippen molar-refractivity contribution in [3.63, 3.8) is 0 Å². The fourth-order valence-electron chi connectivity index (χ4n) is 7.23. The minimum atomic E-state index is -0.0174. The minimum absolute atomic E-state index is 0.0174. The summed E-state index contributed by atoms with van der Waals surface area (Å²) in [5.74, 6) is 0.710. The number of rotatable bonds is 4. The maximum absolute atomic E-state index is 5.13. The Hall–Kier alpha value is -5.93. The summed E-state index contributed by atoms with van der Waals surface area (Å²) in [5.41, 5.74) is 12.4. The van der Waals surface area contributed by atoms with Crippen LogP contribution in [0.5, 0.6) is 0 Å². The summed E-state index contributed by atoms with van der Waals surface area (Å²) >= 11 is 0. The summed E-state index contributed by atoms with van der Waals surface area (Å²) in [6.45, 7) is 4.67. The molecule has 0 fully saturated rings. The van der Waals surface area contributed by atoms with Crippen molar-refractivity contribution in [1.29, 1.82) is 0 Å². The van der Waals surface area contributed by atoms with Crippen molar-refractivity contribution in [3.8, 4) is 56.3 Å². The van der Waals surface area contributed by atoms with Gasteiger partial charge in [-0.3, -0.25) is 4.98 Å². The van der Waals surface area contributed by atoms with Gasteiger partial charge in [0.2, 0.25) is 0 Å². The molecular weight excluding hydrogens is 571 g/mol. The predicted octanol–water partition coefficient (Wildman–Crippen LogP) is 11.2. The van der Waals surface area contributed by atoms with Gasteiger partial charge in [-0.2, -0.15) is 0 Å². The van der Waals surface area contributed by atoms with Gasteiger partial charge in [-0.25, -0.2) is 9.97 Å². The maximum Gasteiger partial charge on any atom is 0.160 e. The molecular formula is C44H31N3. The lowest BCUT2D eigenvalue weighted by Gasteiger charge is -2.21. The van der Waals surface area contributed by atoms with Crippen molar-refractivity contribution in [2.75, 3.05) is 0 Å². The van der Waals surface area contributed by atoms with Crippen LogP contribution in [0.15, 0.2) is 152 Å². The predicted molar refractivity (Wildman–Crippen MR) is 194 cm³/mol. The standard InChI is InChI=1S/C44H31N3/c1-44(2)38-13-7-6-12-35(38)37-26-36-32(25-39(37)44)20-19-31-24-33(21-22-34(31)36)43-46-41(28-10-4-3-5-11-28)27-42(47-43)30-17-15-29(16-18-30)40-14-8-9-23-45-40/h3-27H,1-2H3. The lowest BCUT2D eigenvalue weighted by Crippen LogP contribution is -2.14. The molecule has 0 spiro atoms. The van der Waals surface area contributed by atoms with Crippen LogP contribution in [0.3, 0.4) is 0 Å². The van der Waals surface area contributed by atoms with E-state index in [2.05, 4.69) is 140 Å². The molecule has 47 heavy (non-hydrogen) atoms. The quantitative estimate of drug-likeness (QED) is 0.188. The molecule has 1 aliphatic rings. The lowest BCUT2D eigenvalue weighted by atomic mass is 9.81. The minimum Gasteiger partial charge on any atom is -0.256 e. The Bertz CT molecular complexity index is 2460. The van der Waals surface area contributed by atoms with E-state index in [1.807, 2.05) is 30.5 Å². The Balaban J connectivity index is 1.17. The van der Waals surface area contributed by atoms with E-state index in [4.69, 9.17) is 9.97 Å². The van der Waals surface area contributed by atoms with Gasteiger partial charge in [-0.1, -0.05) is 123 Å². The number of aromatic nitrogens is 3. The summed E-state index contributed by atoms with van der Waals surface area (Å²) in [4.78, 5) is 14.7. The van der Waals surface area contributed by atoms with Gasteiger partial charge in [0, 0.05) is 33.9 Å². The van der Waals surface area contributed by atoms with Crippen LogP contribution in [0.1, 0.15) is 25.0 Å². The third kappa shape index (κ3) is 4.54. The molecule has 0 radical (unpaired) electrons. The molecule has 1 aliphatic carbocycles. The Morgan fingerprint density at radius 2 is 1.06 bits per heavy atom. The monoisotopic (exact) mass is 601 g/mol. The molecule has 0 unspecified atom stereocenters. The second kappa shape index (κ2) is 10.6. The van der Waals surface area contributed by atoms with Gasteiger partial charge in [0.05, 0.1) is 17.1 Å². The van der Waals surface area contributed by atoms with Crippen LogP contribution in [0, 0.1) is 0 Å². The van der Waals surface area contributed by atoms with Crippen LogP contribution in [-0.2, 0) is 5.41 Å². The third-order valence-electron chi connectivity index (χ3n) is 9.73. The molecule has 0 bridgehead atoms. The van der Waals surface area contributed by atoms with Gasteiger partial charge in [-0.05, 0) is 80.2 Å². The van der Waals surface area contributed by atoms with E-state index in [0.29, 0.717) is 5.82 Å². The van der Waals surface area contributed by atoms with E-state index in [1.54, 1.807) is 0 Å². The highest BCUT2D eigenvalue weighted by Crippen LogP contribution is 2.50. The molecule has 3 nitrogen and oxygen atoms in total. The molecule has 8 aromatic rings. The van der Waals surface area contributed by atoms with Gasteiger partial charge >= 0.3 is 0 Å². The number of pyridine rings is 1. The van der Waals surface area contributed by atoms with Gasteiger partial charge in [-0.15, -0.1) is 0 Å². The molecule has 0 aliphatic heterocycles. The van der Waals surface area contributed by atoms with Gasteiger partial charge in [0.1, 0.15) is 0 Å². The van der Waals surface area contributed by atoms with Gasteiger partial charge in [0.15, 0.2) is 5.82 Å². The van der Waals surface area contributed by atoms with E-state index < -0.39 is 0 Å². The molecule has 2 aromatic heterocycles. The first-order chi connectivity index (χ1) is 23.0. The summed E-state index contributed by atoms with van der Waals surface area (Å²) in [7, 11) is 0. The molecule has 222 valence electrons. The first kappa shape index (κ1) is 27.4. The average molecular weight is 602 g/mol. The van der Waals surface area contributed by atoms with Crippen LogP contribution in [0.2, 0.25) is 0 Å². The van der Waals surface area contributed by atoms with E-state index in [1.165, 1.54) is 43.8 Å². The van der Waals surface area contributed by atoms with Gasteiger partial charge < -0.3 is 0 Å². The summed E-state index contributed by atoms with van der Waals surface area (Å²) in [6, 6.07) is 51.6. The molecule has 6 aromatic carbocycles. The fraction of sp³-hybridized carbons (Fsp3) is 0.0682. The Morgan fingerprint density at radius 3 is 1.81 bits per heavy atom. The van der Waals surface area contributed by atoms with Crippen LogP contribution in [0.4, 0.5) is 0 Å². The van der Waals surface area contributed by atoms with Crippen LogP contribution in [-0.4, -0.2) is 15.0 Å². The van der Waals surface area contributed by atoms with E-state index in [0.717, 1.165) is 39.3 Å². The number of hydrogen-bond acceptors (Lipinski definition) is 3. The topological polar surface area (TPSA) is 38.7 Å². The highest BCUT2D eigenvalue weighted by molar-refractivity contribution is 6.10. The largest absolute Gasteiger partial charge is 0.256 e. The Morgan fingerprint density at radius 1 is 0.426 bits per heavy atom. The van der Waals surface area contributed by atoms with Gasteiger partial charge in [0.25, 0.3) is 0 Å². The molecule has 2 heterocycles. The van der Waals surface area contributed by atoms with Crippen molar-refractivity contribution < 1.29 is 0 Å². The smallest absolute Gasteiger partial charge is 0.160 e. The first-order valence-electron chi connectivity index (χ1n) is 16.1. The van der Waals surface area contributed by atoms with E-state index in [9.17, 15) is 0 Å². The number of benzene rings is 6. The normalized spacial score (nSPS) is 13.1. The molecule has 3 heteroatoms. The van der Waals surface area contributed by atoms with Crippen molar-refractivity contribution in [2.45, 2.75) is 19.3 Å². The molecule has 0 saturated heterocycles. The fourth-order valence-corrected chi connectivity index (χ4v) is 7.23. The zero-order valence-electron chi connectivity index (χ0n) is 26.3. The highest BCUT2D eigenvalue weighted by Gasteiger charge is 2.35. The second-order valence-corrected chi connectivity index (χ2v) is 12.9. The number of nitrogens with zero attached hydrogens (tertiary/aromatic N) is 3. The average Bonchev–Trinajstić information content (AvgIpc) is 3.36. The van der Waals surface area contributed by atoms with Crippen molar-refractivity contribution >= 4 is 21.5 Å². The molecule has 9 rings (SSSR count). The summed E-state index contributed by atoms with van der Waals surface area (Å²) in [5, 5.41) is 4.95. The van der Waals surface area contributed by atoms with Crippen LogP contribution in [0.25, 0.3) is 77.8 Å². The highest BCUT2D eigenvalue weighted by atomic mass is 14.9. The van der Waals surface area contributed by atoms with Crippen molar-refractivity contribution in [2.24, 2.45) is 0 Å². The molecule has 0 N–H and O–H groups in total. The zero-order chi connectivity index (χ0) is 31.5. The Labute approximate surface area is 274 Å². The zero-order valence-corrected chi connectivity index (χ0v) is 26.3. The SMILES string of the molecule is CC1(C)c2ccccc2-c2cc3c(ccc4cc(-c5nc(-c6ccccc6)cc(-c6ccc(-c7ccccn7)cc6)n5)ccc43)cc21. The van der Waals surface area contributed by atoms with E-state index in [-0.39, 0.29) is 5.41 Å². The van der Waals surface area contributed by atoms with Crippen LogP contribution < -0.4 is 0 Å². The summed E-state index contributed by atoms with van der Waals surface area (Å²) in [6.07, 6.45) is 1.82. The maximum atomic E-state index is 5.13. The van der Waals surface area contributed by atoms with E-state index >= 15 is 0 Å².